The third kappa shape index (κ3) is 4.29. The van der Waals surface area contributed by atoms with E-state index in [9.17, 15) is 4.79 Å². The van der Waals surface area contributed by atoms with Crippen LogP contribution in [-0.2, 0) is 4.74 Å². The highest BCUT2D eigenvalue weighted by atomic mass is 35.5. The number of ether oxygens (including phenoxy) is 1. The molecule has 0 atom stereocenters. The summed E-state index contributed by atoms with van der Waals surface area (Å²) >= 11 is 0. The number of hydrogen-bond donors (Lipinski definition) is 1. The van der Waals surface area contributed by atoms with Crippen molar-refractivity contribution in [2.75, 3.05) is 32.8 Å². The minimum absolute atomic E-state index is 0. The van der Waals surface area contributed by atoms with Crippen molar-refractivity contribution in [3.05, 3.63) is 48.0 Å². The zero-order valence-corrected chi connectivity index (χ0v) is 16.6. The molecule has 1 N–H and O–H groups in total. The normalized spacial score (nSPS) is 20.0. The van der Waals surface area contributed by atoms with Gasteiger partial charge in [0.05, 0.1) is 13.2 Å². The third-order valence-corrected chi connectivity index (χ3v) is 6.08. The van der Waals surface area contributed by atoms with E-state index in [1.54, 1.807) is 0 Å². The Balaban J connectivity index is 0.00000210. The largest absolute Gasteiger partial charge is 0.379 e. The van der Waals surface area contributed by atoms with E-state index >= 15 is 0 Å². The summed E-state index contributed by atoms with van der Waals surface area (Å²) in [6.45, 7) is 4.29. The van der Waals surface area contributed by atoms with Crippen LogP contribution in [0.15, 0.2) is 42.5 Å². The predicted molar refractivity (Wildman–Crippen MR) is 112 cm³/mol. The zero-order valence-electron chi connectivity index (χ0n) is 15.8. The maximum Gasteiger partial charge on any atom is 0.251 e. The van der Waals surface area contributed by atoms with Crippen LogP contribution in [0.4, 0.5) is 0 Å². The van der Waals surface area contributed by atoms with Crippen molar-refractivity contribution in [3.8, 4) is 0 Å². The van der Waals surface area contributed by atoms with Gasteiger partial charge in [-0.15, -0.1) is 12.4 Å². The summed E-state index contributed by atoms with van der Waals surface area (Å²) in [5.41, 5.74) is 0.874. The van der Waals surface area contributed by atoms with Crippen LogP contribution in [0.5, 0.6) is 0 Å². The molecule has 146 valence electrons. The summed E-state index contributed by atoms with van der Waals surface area (Å²) in [4.78, 5) is 15.5. The molecule has 1 aliphatic carbocycles. The van der Waals surface area contributed by atoms with Crippen molar-refractivity contribution in [1.29, 1.82) is 0 Å². The molecule has 2 aromatic carbocycles. The fourth-order valence-electron chi connectivity index (χ4n) is 4.62. The first-order valence-electron chi connectivity index (χ1n) is 9.87. The molecule has 2 fully saturated rings. The van der Waals surface area contributed by atoms with Crippen LogP contribution in [0, 0.1) is 0 Å². The second kappa shape index (κ2) is 9.05. The fraction of sp³-hybridized carbons (Fsp3) is 0.500. The number of nitrogens with zero attached hydrogens (tertiary/aromatic N) is 1. The molecule has 1 saturated carbocycles. The van der Waals surface area contributed by atoms with Crippen molar-refractivity contribution in [2.24, 2.45) is 0 Å². The summed E-state index contributed by atoms with van der Waals surface area (Å²) in [6.07, 6.45) is 6.15. The van der Waals surface area contributed by atoms with Crippen LogP contribution in [0.1, 0.15) is 42.5 Å². The quantitative estimate of drug-likeness (QED) is 0.859. The molecule has 1 amide bonds. The lowest BCUT2D eigenvalue weighted by atomic mass is 9.79. The van der Waals surface area contributed by atoms with Crippen LogP contribution in [0.3, 0.4) is 0 Å². The molecule has 2 aromatic rings. The number of rotatable bonds is 4. The van der Waals surface area contributed by atoms with Gasteiger partial charge >= 0.3 is 0 Å². The maximum atomic E-state index is 13.0. The van der Waals surface area contributed by atoms with E-state index in [1.165, 1.54) is 32.1 Å². The lowest BCUT2D eigenvalue weighted by Crippen LogP contribution is -2.59. The number of fused-ring (bicyclic) bond motifs is 1. The highest BCUT2D eigenvalue weighted by molar-refractivity contribution is 6.07. The molecule has 0 radical (unpaired) electrons. The Bertz CT molecular complexity index is 763. The van der Waals surface area contributed by atoms with Gasteiger partial charge in [-0.3, -0.25) is 9.69 Å². The Labute approximate surface area is 167 Å². The Kier molecular flexibility index (Phi) is 6.74. The molecule has 2 aliphatic rings. The monoisotopic (exact) mass is 388 g/mol. The number of hydrogen-bond acceptors (Lipinski definition) is 3. The van der Waals surface area contributed by atoms with Gasteiger partial charge in [0.2, 0.25) is 0 Å². The van der Waals surface area contributed by atoms with Gasteiger partial charge in [0.25, 0.3) is 5.91 Å². The van der Waals surface area contributed by atoms with Crippen LogP contribution >= 0.6 is 12.4 Å². The first-order valence-corrected chi connectivity index (χ1v) is 9.87. The van der Waals surface area contributed by atoms with Gasteiger partial charge in [-0.1, -0.05) is 55.7 Å². The fourth-order valence-corrected chi connectivity index (χ4v) is 4.62. The molecule has 0 unspecified atom stereocenters. The van der Waals surface area contributed by atoms with Crippen molar-refractivity contribution in [3.63, 3.8) is 0 Å². The SMILES string of the molecule is Cl.O=C(NCC1(N2CCOCC2)CCCCC1)c1cccc2ccccc12. The average Bonchev–Trinajstić information content (AvgIpc) is 2.73. The third-order valence-electron chi connectivity index (χ3n) is 6.08. The first-order chi connectivity index (χ1) is 12.8. The highest BCUT2D eigenvalue weighted by Gasteiger charge is 2.38. The number of carbonyl (C=O) groups is 1. The zero-order chi connectivity index (χ0) is 17.8. The van der Waals surface area contributed by atoms with Crippen molar-refractivity contribution >= 4 is 29.1 Å². The average molecular weight is 389 g/mol. The standard InChI is InChI=1S/C22H28N2O2.ClH/c25-21(20-10-6-8-18-7-2-3-9-19(18)20)23-17-22(11-4-1-5-12-22)24-13-15-26-16-14-24;/h2-3,6-10H,1,4-5,11-17H2,(H,23,25);1H. The summed E-state index contributed by atoms with van der Waals surface area (Å²) < 4.78 is 5.55. The molecule has 5 heteroatoms. The summed E-state index contributed by atoms with van der Waals surface area (Å²) in [6, 6.07) is 14.1. The van der Waals surface area contributed by atoms with Gasteiger partial charge in [0.15, 0.2) is 0 Å². The van der Waals surface area contributed by atoms with Crippen LogP contribution < -0.4 is 5.32 Å². The van der Waals surface area contributed by atoms with Gasteiger partial charge in [-0.2, -0.15) is 0 Å². The lowest BCUT2D eigenvalue weighted by molar-refractivity contribution is -0.0361. The summed E-state index contributed by atoms with van der Waals surface area (Å²) in [7, 11) is 0. The highest BCUT2D eigenvalue weighted by Crippen LogP contribution is 2.34. The van der Waals surface area contributed by atoms with Crippen molar-refractivity contribution in [1.82, 2.24) is 10.2 Å². The van der Waals surface area contributed by atoms with Gasteiger partial charge in [0.1, 0.15) is 0 Å². The molecule has 0 bridgehead atoms. The molecule has 1 aliphatic heterocycles. The predicted octanol–water partition coefficient (Wildman–Crippen LogP) is 4.03. The van der Waals surface area contributed by atoms with Gasteiger partial charge in [-0.05, 0) is 29.7 Å². The Morgan fingerprint density at radius 3 is 2.48 bits per heavy atom. The number of amides is 1. The number of morpholine rings is 1. The van der Waals surface area contributed by atoms with Gasteiger partial charge in [-0.25, -0.2) is 0 Å². The van der Waals surface area contributed by atoms with E-state index in [1.807, 2.05) is 30.3 Å². The van der Waals surface area contributed by atoms with E-state index in [-0.39, 0.29) is 23.9 Å². The van der Waals surface area contributed by atoms with E-state index in [2.05, 4.69) is 22.3 Å². The van der Waals surface area contributed by atoms with Crippen LogP contribution in [-0.4, -0.2) is 49.2 Å². The Morgan fingerprint density at radius 2 is 1.70 bits per heavy atom. The summed E-state index contributed by atoms with van der Waals surface area (Å²) in [5, 5.41) is 5.41. The molecule has 0 spiro atoms. The van der Waals surface area contributed by atoms with Crippen LogP contribution in [0.25, 0.3) is 10.8 Å². The minimum Gasteiger partial charge on any atom is -0.379 e. The van der Waals surface area contributed by atoms with E-state index in [0.29, 0.717) is 0 Å². The lowest BCUT2D eigenvalue weighted by Gasteiger charge is -2.48. The van der Waals surface area contributed by atoms with Gasteiger partial charge in [0, 0.05) is 30.7 Å². The molecular weight excluding hydrogens is 360 g/mol. The minimum atomic E-state index is 0. The molecule has 1 saturated heterocycles. The molecule has 4 nitrogen and oxygen atoms in total. The number of halogens is 1. The van der Waals surface area contributed by atoms with Crippen LogP contribution in [0.2, 0.25) is 0 Å². The summed E-state index contributed by atoms with van der Waals surface area (Å²) in [5.74, 6) is 0.0417. The van der Waals surface area contributed by atoms with Crippen molar-refractivity contribution < 1.29 is 9.53 Å². The molecular formula is C22H29ClN2O2. The Hall–Kier alpha value is -1.62. The number of carbonyl (C=O) groups excluding carboxylic acids is 1. The Morgan fingerprint density at radius 1 is 1.00 bits per heavy atom. The number of benzene rings is 2. The van der Waals surface area contributed by atoms with E-state index in [4.69, 9.17) is 4.74 Å². The maximum absolute atomic E-state index is 13.0. The second-order valence-electron chi connectivity index (χ2n) is 7.59. The van der Waals surface area contributed by atoms with E-state index < -0.39 is 0 Å². The van der Waals surface area contributed by atoms with Crippen molar-refractivity contribution in [2.45, 2.75) is 37.6 Å². The first kappa shape index (κ1) is 20.1. The van der Waals surface area contributed by atoms with E-state index in [0.717, 1.165) is 49.2 Å². The molecule has 1 heterocycles. The smallest absolute Gasteiger partial charge is 0.251 e. The second-order valence-corrected chi connectivity index (χ2v) is 7.59. The molecule has 4 rings (SSSR count). The number of nitrogens with one attached hydrogen (secondary N) is 1. The molecule has 27 heavy (non-hydrogen) atoms. The topological polar surface area (TPSA) is 41.6 Å². The molecule has 0 aromatic heterocycles. The van der Waals surface area contributed by atoms with Gasteiger partial charge < -0.3 is 10.1 Å².